The van der Waals surface area contributed by atoms with E-state index in [1.165, 1.54) is 6.92 Å². The molecule has 0 spiro atoms. The minimum atomic E-state index is -0.181. The van der Waals surface area contributed by atoms with Gasteiger partial charge in [0.2, 0.25) is 0 Å². The molecule has 1 aliphatic heterocycles. The van der Waals surface area contributed by atoms with Gasteiger partial charge < -0.3 is 19.2 Å². The fourth-order valence-electron chi connectivity index (χ4n) is 1.72. The summed E-state index contributed by atoms with van der Waals surface area (Å²) in [6.07, 6.45) is -0.181. The molecule has 5 heteroatoms. The number of ether oxygens (including phenoxy) is 1. The molecule has 1 unspecified atom stereocenters. The normalized spacial score (nSPS) is 21.1. The number of ketones is 1. The van der Waals surface area contributed by atoms with Crippen LogP contribution in [0.25, 0.3) is 0 Å². The summed E-state index contributed by atoms with van der Waals surface area (Å²) in [5.74, 6) is 0.937. The van der Waals surface area contributed by atoms with E-state index >= 15 is 0 Å². The van der Waals surface area contributed by atoms with Gasteiger partial charge in [0.05, 0.1) is 19.3 Å². The van der Waals surface area contributed by atoms with Crippen LogP contribution in [0.5, 0.6) is 0 Å². The van der Waals surface area contributed by atoms with Gasteiger partial charge in [-0.3, -0.25) is 4.79 Å². The van der Waals surface area contributed by atoms with E-state index < -0.39 is 0 Å². The Morgan fingerprint density at radius 3 is 3.06 bits per heavy atom. The van der Waals surface area contributed by atoms with Gasteiger partial charge in [-0.05, 0) is 6.07 Å². The van der Waals surface area contributed by atoms with Crippen LogP contribution in [0.2, 0.25) is 0 Å². The zero-order valence-electron chi connectivity index (χ0n) is 9.18. The molecule has 88 valence electrons. The van der Waals surface area contributed by atoms with Gasteiger partial charge in [-0.2, -0.15) is 0 Å². The van der Waals surface area contributed by atoms with Crippen LogP contribution in [-0.4, -0.2) is 43.3 Å². The number of carbonyl (C=O) groups excluding carboxylic acids is 1. The first-order chi connectivity index (χ1) is 7.70. The molecule has 2 heterocycles. The summed E-state index contributed by atoms with van der Waals surface area (Å²) in [4.78, 5) is 13.1. The predicted molar refractivity (Wildman–Crippen MR) is 57.8 cm³/mol. The van der Waals surface area contributed by atoms with Gasteiger partial charge in [-0.1, -0.05) is 0 Å². The minimum absolute atomic E-state index is 0.00320. The monoisotopic (exact) mass is 225 g/mol. The number of hydrogen-bond acceptors (Lipinski definition) is 5. The van der Waals surface area contributed by atoms with Crippen LogP contribution in [0.3, 0.4) is 0 Å². The average Bonchev–Trinajstić information content (AvgIpc) is 2.78. The number of aliphatic hydroxyl groups excluding tert-OH is 1. The van der Waals surface area contributed by atoms with E-state index in [1.807, 2.05) is 4.90 Å². The third-order valence-electron chi connectivity index (χ3n) is 2.59. The number of carbonyl (C=O) groups is 1. The molecule has 1 aliphatic rings. The smallest absolute Gasteiger partial charge is 0.196 e. The van der Waals surface area contributed by atoms with Crippen LogP contribution in [0.1, 0.15) is 17.5 Å². The lowest BCUT2D eigenvalue weighted by atomic mass is 10.3. The zero-order chi connectivity index (χ0) is 11.5. The zero-order valence-corrected chi connectivity index (χ0v) is 9.18. The van der Waals surface area contributed by atoms with E-state index in [1.54, 1.807) is 12.1 Å². The second-order valence-electron chi connectivity index (χ2n) is 3.82. The highest BCUT2D eigenvalue weighted by atomic mass is 16.5. The Morgan fingerprint density at radius 2 is 2.44 bits per heavy atom. The summed E-state index contributed by atoms with van der Waals surface area (Å²) >= 11 is 0. The van der Waals surface area contributed by atoms with E-state index in [9.17, 15) is 4.79 Å². The third kappa shape index (κ3) is 2.25. The molecule has 1 atom stereocenters. The maximum Gasteiger partial charge on any atom is 0.196 e. The molecule has 1 aromatic rings. The van der Waals surface area contributed by atoms with E-state index in [0.29, 0.717) is 31.3 Å². The van der Waals surface area contributed by atoms with Crippen molar-refractivity contribution in [1.29, 1.82) is 0 Å². The van der Waals surface area contributed by atoms with Crippen LogP contribution >= 0.6 is 0 Å². The lowest BCUT2D eigenvalue weighted by Crippen LogP contribution is -2.43. The SMILES string of the molecule is CC(=O)c1ccc(N2CCOC(CO)C2)o1. The molecule has 0 radical (unpaired) electrons. The maximum atomic E-state index is 11.1. The number of anilines is 1. The molecule has 16 heavy (non-hydrogen) atoms. The fourth-order valence-corrected chi connectivity index (χ4v) is 1.72. The summed E-state index contributed by atoms with van der Waals surface area (Å²) in [5, 5.41) is 9.01. The number of nitrogens with zero attached hydrogens (tertiary/aromatic N) is 1. The standard InChI is InChI=1S/C11H15NO4/c1-8(14)10-2-3-11(16-10)12-4-5-15-9(6-12)7-13/h2-3,9,13H,4-7H2,1H3. The summed E-state index contributed by atoms with van der Waals surface area (Å²) in [5.41, 5.74) is 0. The van der Waals surface area contributed by atoms with Crippen molar-refractivity contribution >= 4 is 11.7 Å². The minimum Gasteiger partial charge on any atom is -0.437 e. The topological polar surface area (TPSA) is 62.9 Å². The molecule has 1 aromatic heterocycles. The van der Waals surface area contributed by atoms with E-state index in [-0.39, 0.29) is 18.5 Å². The van der Waals surface area contributed by atoms with Crippen molar-refractivity contribution in [3.05, 3.63) is 17.9 Å². The highest BCUT2D eigenvalue weighted by molar-refractivity contribution is 5.91. The predicted octanol–water partition coefficient (Wildman–Crippen LogP) is 0.680. The maximum absolute atomic E-state index is 11.1. The highest BCUT2D eigenvalue weighted by Crippen LogP contribution is 2.21. The Kier molecular flexibility index (Phi) is 3.26. The number of Topliss-reactive ketones (excluding diaryl/α,β-unsaturated/α-hetero) is 1. The van der Waals surface area contributed by atoms with E-state index in [2.05, 4.69) is 0 Å². The van der Waals surface area contributed by atoms with Gasteiger partial charge in [-0.25, -0.2) is 0 Å². The largest absolute Gasteiger partial charge is 0.437 e. The molecule has 1 N–H and O–H groups in total. The highest BCUT2D eigenvalue weighted by Gasteiger charge is 2.22. The molecule has 0 amide bonds. The first kappa shape index (κ1) is 11.2. The van der Waals surface area contributed by atoms with Crippen molar-refractivity contribution in [2.24, 2.45) is 0 Å². The Balaban J connectivity index is 2.08. The summed E-state index contributed by atoms with van der Waals surface area (Å²) in [6.45, 7) is 3.32. The summed E-state index contributed by atoms with van der Waals surface area (Å²) in [7, 11) is 0. The second kappa shape index (κ2) is 4.67. The summed E-state index contributed by atoms with van der Waals surface area (Å²) < 4.78 is 10.7. The fraction of sp³-hybridized carbons (Fsp3) is 0.545. The first-order valence-corrected chi connectivity index (χ1v) is 5.29. The van der Waals surface area contributed by atoms with Crippen molar-refractivity contribution < 1.29 is 19.1 Å². The van der Waals surface area contributed by atoms with E-state index in [0.717, 1.165) is 0 Å². The summed E-state index contributed by atoms with van der Waals surface area (Å²) in [6, 6.07) is 3.44. The van der Waals surface area contributed by atoms with E-state index in [4.69, 9.17) is 14.3 Å². The van der Waals surface area contributed by atoms with Crippen LogP contribution in [0, 0.1) is 0 Å². The van der Waals surface area contributed by atoms with Gasteiger partial charge in [0.25, 0.3) is 0 Å². The van der Waals surface area contributed by atoms with Crippen molar-refractivity contribution in [3.8, 4) is 0 Å². The molecule has 1 saturated heterocycles. The second-order valence-corrected chi connectivity index (χ2v) is 3.82. The van der Waals surface area contributed by atoms with Crippen molar-refractivity contribution in [1.82, 2.24) is 0 Å². The number of aliphatic hydroxyl groups is 1. The van der Waals surface area contributed by atoms with Crippen LogP contribution in [0.15, 0.2) is 16.5 Å². The molecule has 5 nitrogen and oxygen atoms in total. The number of furan rings is 1. The van der Waals surface area contributed by atoms with Crippen molar-refractivity contribution in [3.63, 3.8) is 0 Å². The van der Waals surface area contributed by atoms with Gasteiger partial charge in [0, 0.05) is 26.1 Å². The van der Waals surface area contributed by atoms with Gasteiger partial charge >= 0.3 is 0 Å². The number of morpholine rings is 1. The Hall–Kier alpha value is -1.33. The van der Waals surface area contributed by atoms with Gasteiger partial charge in [-0.15, -0.1) is 0 Å². The third-order valence-corrected chi connectivity index (χ3v) is 2.59. The van der Waals surface area contributed by atoms with Crippen molar-refractivity contribution in [2.75, 3.05) is 31.2 Å². The molecule has 0 aliphatic carbocycles. The Labute approximate surface area is 93.6 Å². The number of rotatable bonds is 3. The lowest BCUT2D eigenvalue weighted by Gasteiger charge is -2.31. The molecule has 1 fully saturated rings. The molecule has 2 rings (SSSR count). The van der Waals surface area contributed by atoms with Crippen LogP contribution in [0.4, 0.5) is 5.88 Å². The number of hydrogen-bond donors (Lipinski definition) is 1. The average molecular weight is 225 g/mol. The molecule has 0 bridgehead atoms. The van der Waals surface area contributed by atoms with Crippen LogP contribution < -0.4 is 4.90 Å². The molecular formula is C11H15NO4. The first-order valence-electron chi connectivity index (χ1n) is 5.29. The Bertz CT molecular complexity index is 374. The van der Waals surface area contributed by atoms with Crippen molar-refractivity contribution in [2.45, 2.75) is 13.0 Å². The quantitative estimate of drug-likeness (QED) is 0.766. The lowest BCUT2D eigenvalue weighted by molar-refractivity contribution is 0.00252. The molecular weight excluding hydrogens is 210 g/mol. The Morgan fingerprint density at radius 1 is 1.62 bits per heavy atom. The van der Waals surface area contributed by atoms with Crippen LogP contribution in [-0.2, 0) is 4.74 Å². The van der Waals surface area contributed by atoms with Gasteiger partial charge in [0.15, 0.2) is 17.4 Å². The van der Waals surface area contributed by atoms with Gasteiger partial charge in [0.1, 0.15) is 0 Å². The molecule has 0 saturated carbocycles. The molecule has 0 aromatic carbocycles.